The van der Waals surface area contributed by atoms with Crippen LogP contribution < -0.4 is 4.80 Å². The Balaban J connectivity index is 2.02. The predicted molar refractivity (Wildman–Crippen MR) is 108 cm³/mol. The molecule has 6 nitrogen and oxygen atoms in total. The maximum absolute atomic E-state index is 12.6. The molecule has 2 aromatic carbocycles. The molecule has 28 heavy (non-hydrogen) atoms. The van der Waals surface area contributed by atoms with Crippen LogP contribution in [0.5, 0.6) is 0 Å². The quantitative estimate of drug-likeness (QED) is 0.485. The molecular weight excluding hydrogens is 376 g/mol. The number of esters is 1. The Bertz CT molecular complexity index is 1120. The number of thiazole rings is 1. The van der Waals surface area contributed by atoms with Crippen LogP contribution in [0.1, 0.15) is 51.8 Å². The molecule has 144 valence electrons. The molecule has 1 aromatic heterocycles. The Hall–Kier alpha value is -3.06. The molecule has 1 heterocycles. The summed E-state index contributed by atoms with van der Waals surface area (Å²) in [6.07, 6.45) is 0. The third-order valence-corrected chi connectivity index (χ3v) is 5.29. The highest BCUT2D eigenvalue weighted by Gasteiger charge is 2.12. The summed E-state index contributed by atoms with van der Waals surface area (Å²) in [6, 6.07) is 11.8. The molecule has 0 aliphatic rings. The van der Waals surface area contributed by atoms with Crippen LogP contribution in [0, 0.1) is 0 Å². The SMILES string of the molecule is CCOC(=O)c1ccc2c(c1)sc(=NC(=O)c1ccc(C(C)=O)cc1)n2CC. The van der Waals surface area contributed by atoms with Gasteiger partial charge in [0.05, 0.1) is 22.4 Å². The van der Waals surface area contributed by atoms with Gasteiger partial charge in [0, 0.05) is 17.7 Å². The van der Waals surface area contributed by atoms with E-state index in [9.17, 15) is 14.4 Å². The van der Waals surface area contributed by atoms with Gasteiger partial charge in [0.25, 0.3) is 5.91 Å². The Kier molecular flexibility index (Phi) is 5.84. The molecule has 0 N–H and O–H groups in total. The van der Waals surface area contributed by atoms with E-state index in [-0.39, 0.29) is 17.7 Å². The number of aromatic nitrogens is 1. The second kappa shape index (κ2) is 8.31. The maximum atomic E-state index is 12.6. The Labute approximate surface area is 166 Å². The van der Waals surface area contributed by atoms with Gasteiger partial charge in [-0.15, -0.1) is 0 Å². The summed E-state index contributed by atoms with van der Waals surface area (Å²) in [5.74, 6) is -0.808. The van der Waals surface area contributed by atoms with Gasteiger partial charge >= 0.3 is 5.97 Å². The first kappa shape index (κ1) is 19.7. The smallest absolute Gasteiger partial charge is 0.338 e. The summed E-state index contributed by atoms with van der Waals surface area (Å²) < 4.78 is 7.83. The fourth-order valence-corrected chi connectivity index (χ4v) is 3.94. The minimum absolute atomic E-state index is 0.0540. The Morgan fingerprint density at radius 2 is 1.64 bits per heavy atom. The maximum Gasteiger partial charge on any atom is 0.338 e. The van der Waals surface area contributed by atoms with Crippen molar-refractivity contribution in [1.29, 1.82) is 0 Å². The first-order chi connectivity index (χ1) is 13.4. The average molecular weight is 396 g/mol. The lowest BCUT2D eigenvalue weighted by atomic mass is 10.1. The molecule has 0 radical (unpaired) electrons. The van der Waals surface area contributed by atoms with E-state index in [4.69, 9.17) is 4.74 Å². The molecule has 0 atom stereocenters. The van der Waals surface area contributed by atoms with E-state index in [2.05, 4.69) is 4.99 Å². The van der Waals surface area contributed by atoms with Crippen LogP contribution in [0.2, 0.25) is 0 Å². The number of hydrogen-bond acceptors (Lipinski definition) is 5. The monoisotopic (exact) mass is 396 g/mol. The molecule has 0 saturated heterocycles. The molecule has 0 spiro atoms. The molecule has 0 aliphatic carbocycles. The van der Waals surface area contributed by atoms with Gasteiger partial charge in [0.1, 0.15) is 0 Å². The van der Waals surface area contributed by atoms with E-state index in [1.807, 2.05) is 17.6 Å². The number of amides is 1. The molecule has 0 bridgehead atoms. The normalized spacial score (nSPS) is 11.6. The number of nitrogens with zero attached hydrogens (tertiary/aromatic N) is 2. The highest BCUT2D eigenvalue weighted by Crippen LogP contribution is 2.20. The van der Waals surface area contributed by atoms with Crippen LogP contribution >= 0.6 is 11.3 Å². The number of benzene rings is 2. The standard InChI is InChI=1S/C21H20N2O4S/c1-4-23-17-11-10-16(20(26)27-5-2)12-18(17)28-21(23)22-19(25)15-8-6-14(7-9-15)13(3)24/h6-12H,4-5H2,1-3H3. The van der Waals surface area contributed by atoms with E-state index < -0.39 is 0 Å². The molecular formula is C21H20N2O4S. The van der Waals surface area contributed by atoms with Crippen molar-refractivity contribution in [3.63, 3.8) is 0 Å². The Morgan fingerprint density at radius 1 is 1.00 bits per heavy atom. The summed E-state index contributed by atoms with van der Waals surface area (Å²) in [7, 11) is 0. The molecule has 1 amide bonds. The number of rotatable bonds is 5. The topological polar surface area (TPSA) is 77.7 Å². The molecule has 3 rings (SSSR count). The predicted octanol–water partition coefficient (Wildman–Crippen LogP) is 3.84. The van der Waals surface area contributed by atoms with Gasteiger partial charge in [-0.2, -0.15) is 4.99 Å². The van der Waals surface area contributed by atoms with Crippen LogP contribution in [0.4, 0.5) is 0 Å². The van der Waals surface area contributed by atoms with Gasteiger partial charge in [-0.1, -0.05) is 23.5 Å². The van der Waals surface area contributed by atoms with Crippen molar-refractivity contribution in [2.75, 3.05) is 6.61 Å². The molecule has 0 fully saturated rings. The Morgan fingerprint density at radius 3 is 2.25 bits per heavy atom. The highest BCUT2D eigenvalue weighted by atomic mass is 32.1. The van der Waals surface area contributed by atoms with Crippen molar-refractivity contribution in [2.24, 2.45) is 4.99 Å². The van der Waals surface area contributed by atoms with Crippen LogP contribution in [0.25, 0.3) is 10.2 Å². The fraction of sp³-hybridized carbons (Fsp3) is 0.238. The summed E-state index contributed by atoms with van der Waals surface area (Å²) >= 11 is 1.34. The van der Waals surface area contributed by atoms with Crippen molar-refractivity contribution < 1.29 is 19.1 Å². The van der Waals surface area contributed by atoms with Gasteiger partial charge in [0.15, 0.2) is 10.6 Å². The second-order valence-corrected chi connectivity index (χ2v) is 7.09. The van der Waals surface area contributed by atoms with Crippen LogP contribution in [-0.2, 0) is 11.3 Å². The van der Waals surface area contributed by atoms with Gasteiger partial charge in [-0.05, 0) is 51.1 Å². The average Bonchev–Trinajstić information content (AvgIpc) is 3.04. The second-order valence-electron chi connectivity index (χ2n) is 6.08. The zero-order valence-electron chi connectivity index (χ0n) is 15.9. The number of ether oxygens (including phenoxy) is 1. The number of carbonyl (C=O) groups is 3. The van der Waals surface area contributed by atoms with Crippen molar-refractivity contribution in [2.45, 2.75) is 27.3 Å². The number of carbonyl (C=O) groups excluding carboxylic acids is 3. The minimum Gasteiger partial charge on any atom is -0.462 e. The number of aryl methyl sites for hydroxylation is 1. The number of Topliss-reactive ketones (excluding diaryl/α,β-unsaturated/α-hetero) is 1. The zero-order chi connectivity index (χ0) is 20.3. The van der Waals surface area contributed by atoms with Crippen LogP contribution in [0.3, 0.4) is 0 Å². The first-order valence-electron chi connectivity index (χ1n) is 8.95. The molecule has 0 unspecified atom stereocenters. The van der Waals surface area contributed by atoms with Gasteiger partial charge in [-0.25, -0.2) is 4.79 Å². The van der Waals surface area contributed by atoms with Crippen molar-refractivity contribution in [1.82, 2.24) is 4.57 Å². The third kappa shape index (κ3) is 3.94. The highest BCUT2D eigenvalue weighted by molar-refractivity contribution is 7.16. The van der Waals surface area contributed by atoms with E-state index in [0.29, 0.717) is 34.6 Å². The summed E-state index contributed by atoms with van der Waals surface area (Å²) in [5.41, 5.74) is 2.33. The van der Waals surface area contributed by atoms with E-state index in [1.165, 1.54) is 18.3 Å². The summed E-state index contributed by atoms with van der Waals surface area (Å²) in [4.78, 5) is 40.7. The van der Waals surface area contributed by atoms with Gasteiger partial charge < -0.3 is 9.30 Å². The van der Waals surface area contributed by atoms with Crippen molar-refractivity contribution in [3.05, 3.63) is 64.0 Å². The van der Waals surface area contributed by atoms with Crippen LogP contribution in [-0.4, -0.2) is 28.8 Å². The number of ketones is 1. The molecule has 7 heteroatoms. The first-order valence-corrected chi connectivity index (χ1v) is 9.76. The molecule has 3 aromatic rings. The lowest BCUT2D eigenvalue weighted by Gasteiger charge is -2.03. The van der Waals surface area contributed by atoms with E-state index in [0.717, 1.165) is 10.2 Å². The van der Waals surface area contributed by atoms with E-state index in [1.54, 1.807) is 43.3 Å². The molecule has 0 aliphatic heterocycles. The van der Waals surface area contributed by atoms with Gasteiger partial charge in [0.2, 0.25) is 0 Å². The largest absolute Gasteiger partial charge is 0.462 e. The fourth-order valence-electron chi connectivity index (χ4n) is 2.80. The van der Waals surface area contributed by atoms with Crippen LogP contribution in [0.15, 0.2) is 47.5 Å². The summed E-state index contributed by atoms with van der Waals surface area (Å²) in [6.45, 7) is 6.16. The number of fused-ring (bicyclic) bond motifs is 1. The lowest BCUT2D eigenvalue weighted by Crippen LogP contribution is -2.16. The molecule has 0 saturated carbocycles. The van der Waals surface area contributed by atoms with E-state index >= 15 is 0 Å². The number of hydrogen-bond donors (Lipinski definition) is 0. The summed E-state index contributed by atoms with van der Waals surface area (Å²) in [5, 5.41) is 0. The van der Waals surface area contributed by atoms with Crippen molar-refractivity contribution >= 4 is 39.2 Å². The minimum atomic E-state index is -0.380. The van der Waals surface area contributed by atoms with Crippen molar-refractivity contribution in [3.8, 4) is 0 Å². The van der Waals surface area contributed by atoms with Gasteiger partial charge in [-0.3, -0.25) is 9.59 Å². The third-order valence-electron chi connectivity index (χ3n) is 4.25. The zero-order valence-corrected chi connectivity index (χ0v) is 16.7. The lowest BCUT2D eigenvalue weighted by molar-refractivity contribution is 0.0526.